The fourth-order valence-electron chi connectivity index (χ4n) is 3.00. The molecule has 0 amide bonds. The molecule has 3 heteroatoms. The third-order valence-electron chi connectivity index (χ3n) is 4.30. The van der Waals surface area contributed by atoms with E-state index in [-0.39, 0.29) is 11.5 Å². The molecule has 1 aromatic heterocycles. The molecule has 0 bridgehead atoms. The smallest absolute Gasteiger partial charge is 0.0408 e. The highest BCUT2D eigenvalue weighted by atomic mass is 35.5. The molecule has 3 rings (SSSR count). The van der Waals surface area contributed by atoms with Crippen molar-refractivity contribution in [3.05, 3.63) is 64.9 Å². The van der Waals surface area contributed by atoms with E-state index in [0.717, 1.165) is 23.4 Å². The van der Waals surface area contributed by atoms with E-state index in [4.69, 9.17) is 17.3 Å². The van der Waals surface area contributed by atoms with Crippen molar-refractivity contribution in [2.45, 2.75) is 30.7 Å². The Hall–Kier alpha value is -1.38. The predicted molar refractivity (Wildman–Crippen MR) is 78.1 cm³/mol. The van der Waals surface area contributed by atoms with Crippen molar-refractivity contribution < 1.29 is 0 Å². The van der Waals surface area contributed by atoms with E-state index in [1.165, 1.54) is 12.0 Å². The summed E-state index contributed by atoms with van der Waals surface area (Å²) in [5.74, 6) is 0. The third kappa shape index (κ3) is 2.15. The number of halogens is 1. The summed E-state index contributed by atoms with van der Waals surface area (Å²) in [7, 11) is 0. The zero-order valence-corrected chi connectivity index (χ0v) is 11.5. The maximum atomic E-state index is 6.53. The van der Waals surface area contributed by atoms with Gasteiger partial charge in [-0.1, -0.05) is 36.2 Å². The molecular weight excluding hydrogens is 256 g/mol. The van der Waals surface area contributed by atoms with Crippen LogP contribution in [0.25, 0.3) is 0 Å². The molecule has 0 aliphatic heterocycles. The van der Waals surface area contributed by atoms with Gasteiger partial charge >= 0.3 is 0 Å². The Morgan fingerprint density at radius 3 is 2.42 bits per heavy atom. The van der Waals surface area contributed by atoms with Gasteiger partial charge in [0.05, 0.1) is 0 Å². The summed E-state index contributed by atoms with van der Waals surface area (Å²) < 4.78 is 0. The highest BCUT2D eigenvalue weighted by molar-refractivity contribution is 6.30. The van der Waals surface area contributed by atoms with Gasteiger partial charge in [-0.05, 0) is 42.2 Å². The van der Waals surface area contributed by atoms with Crippen LogP contribution >= 0.6 is 11.6 Å². The molecule has 0 spiro atoms. The first-order valence-corrected chi connectivity index (χ1v) is 7.02. The second kappa shape index (κ2) is 4.95. The molecule has 2 aromatic rings. The lowest BCUT2D eigenvalue weighted by molar-refractivity contribution is 0.196. The van der Waals surface area contributed by atoms with Crippen LogP contribution in [0.1, 0.15) is 36.4 Å². The van der Waals surface area contributed by atoms with Crippen LogP contribution in [-0.4, -0.2) is 4.98 Å². The Morgan fingerprint density at radius 2 is 1.89 bits per heavy atom. The molecule has 1 saturated carbocycles. The van der Waals surface area contributed by atoms with Crippen molar-refractivity contribution in [1.82, 2.24) is 4.98 Å². The van der Waals surface area contributed by atoms with Crippen LogP contribution in [0, 0.1) is 0 Å². The van der Waals surface area contributed by atoms with Crippen LogP contribution in [-0.2, 0) is 5.41 Å². The number of nitrogens with two attached hydrogens (primary N) is 1. The lowest BCUT2D eigenvalue weighted by Gasteiger charge is -2.47. The fraction of sp³-hybridized carbons (Fsp3) is 0.312. The Kier molecular flexibility index (Phi) is 3.29. The zero-order chi connectivity index (χ0) is 13.3. The van der Waals surface area contributed by atoms with Gasteiger partial charge in [0, 0.05) is 28.9 Å². The van der Waals surface area contributed by atoms with E-state index in [2.05, 4.69) is 23.2 Å². The van der Waals surface area contributed by atoms with Crippen LogP contribution in [0.4, 0.5) is 0 Å². The van der Waals surface area contributed by atoms with Gasteiger partial charge in [-0.2, -0.15) is 0 Å². The van der Waals surface area contributed by atoms with Crippen LogP contribution in [0.5, 0.6) is 0 Å². The van der Waals surface area contributed by atoms with E-state index in [1.54, 1.807) is 6.20 Å². The second-order valence-corrected chi connectivity index (χ2v) is 5.72. The molecule has 2 nitrogen and oxygen atoms in total. The van der Waals surface area contributed by atoms with Crippen molar-refractivity contribution in [3.8, 4) is 0 Å². The predicted octanol–water partition coefficient (Wildman–Crippen LogP) is 3.86. The number of hydrogen-bond acceptors (Lipinski definition) is 2. The topological polar surface area (TPSA) is 38.9 Å². The van der Waals surface area contributed by atoms with E-state index in [1.807, 2.05) is 24.4 Å². The minimum atomic E-state index is -0.00359. The maximum absolute atomic E-state index is 6.53. The minimum Gasteiger partial charge on any atom is -0.323 e. The van der Waals surface area contributed by atoms with E-state index in [0.29, 0.717) is 0 Å². The monoisotopic (exact) mass is 272 g/mol. The zero-order valence-electron chi connectivity index (χ0n) is 10.7. The van der Waals surface area contributed by atoms with Gasteiger partial charge in [0.25, 0.3) is 0 Å². The highest BCUT2D eigenvalue weighted by Crippen LogP contribution is 2.51. The molecule has 1 aliphatic carbocycles. The van der Waals surface area contributed by atoms with Gasteiger partial charge in [-0.25, -0.2) is 0 Å². The maximum Gasteiger partial charge on any atom is 0.0408 e. The first-order valence-electron chi connectivity index (χ1n) is 6.64. The SMILES string of the molecule is NC(c1cccnc1)C1(c2ccc(Cl)cc2)CCC1. The van der Waals surface area contributed by atoms with Crippen molar-refractivity contribution >= 4 is 11.6 Å². The molecule has 1 fully saturated rings. The lowest BCUT2D eigenvalue weighted by atomic mass is 9.59. The molecule has 98 valence electrons. The van der Waals surface area contributed by atoms with Gasteiger partial charge in [-0.15, -0.1) is 0 Å². The average molecular weight is 273 g/mol. The Morgan fingerprint density at radius 1 is 1.16 bits per heavy atom. The molecule has 1 unspecified atom stereocenters. The summed E-state index contributed by atoms with van der Waals surface area (Å²) in [4.78, 5) is 4.18. The van der Waals surface area contributed by atoms with Crippen molar-refractivity contribution in [2.24, 2.45) is 5.73 Å². The average Bonchev–Trinajstić information content (AvgIpc) is 2.40. The standard InChI is InChI=1S/C16H17ClN2/c17-14-6-4-13(5-7-14)16(8-2-9-16)15(18)12-3-1-10-19-11-12/h1,3-7,10-11,15H,2,8-9,18H2. The summed E-state index contributed by atoms with van der Waals surface area (Å²) in [6.07, 6.45) is 7.15. The molecule has 1 atom stereocenters. The van der Waals surface area contributed by atoms with Crippen molar-refractivity contribution in [3.63, 3.8) is 0 Å². The van der Waals surface area contributed by atoms with Gasteiger partial charge in [-0.3, -0.25) is 4.98 Å². The summed E-state index contributed by atoms with van der Waals surface area (Å²) in [5, 5.41) is 0.771. The van der Waals surface area contributed by atoms with Crippen LogP contribution in [0.3, 0.4) is 0 Å². The first kappa shape index (κ1) is 12.6. The van der Waals surface area contributed by atoms with Crippen LogP contribution in [0.2, 0.25) is 5.02 Å². The van der Waals surface area contributed by atoms with E-state index < -0.39 is 0 Å². The summed E-state index contributed by atoms with van der Waals surface area (Å²) >= 11 is 5.98. The third-order valence-corrected chi connectivity index (χ3v) is 4.56. The number of aromatic nitrogens is 1. The molecule has 19 heavy (non-hydrogen) atoms. The molecule has 0 saturated heterocycles. The number of benzene rings is 1. The summed E-state index contributed by atoms with van der Waals surface area (Å²) in [6.45, 7) is 0. The summed E-state index contributed by atoms with van der Waals surface area (Å²) in [5.41, 5.74) is 8.98. The molecule has 1 aromatic carbocycles. The Labute approximate surface area is 118 Å². The van der Waals surface area contributed by atoms with Crippen molar-refractivity contribution in [1.29, 1.82) is 0 Å². The largest absolute Gasteiger partial charge is 0.323 e. The Bertz CT molecular complexity index is 547. The van der Waals surface area contributed by atoms with Gasteiger partial charge in [0.15, 0.2) is 0 Å². The molecular formula is C16H17ClN2. The molecule has 0 radical (unpaired) electrons. The van der Waals surface area contributed by atoms with E-state index >= 15 is 0 Å². The minimum absolute atomic E-state index is 0.00359. The van der Waals surface area contributed by atoms with Crippen molar-refractivity contribution in [2.75, 3.05) is 0 Å². The summed E-state index contributed by atoms with van der Waals surface area (Å²) in [6, 6.07) is 12.1. The first-order chi connectivity index (χ1) is 9.22. The number of pyridine rings is 1. The van der Waals surface area contributed by atoms with Gasteiger partial charge in [0.2, 0.25) is 0 Å². The van der Waals surface area contributed by atoms with E-state index in [9.17, 15) is 0 Å². The molecule has 2 N–H and O–H groups in total. The second-order valence-electron chi connectivity index (χ2n) is 5.28. The van der Waals surface area contributed by atoms with Gasteiger partial charge < -0.3 is 5.73 Å². The van der Waals surface area contributed by atoms with Crippen LogP contribution < -0.4 is 5.73 Å². The quantitative estimate of drug-likeness (QED) is 0.922. The number of nitrogens with zero attached hydrogens (tertiary/aromatic N) is 1. The molecule has 1 aliphatic rings. The molecule has 1 heterocycles. The Balaban J connectivity index is 1.97. The lowest BCUT2D eigenvalue weighted by Crippen LogP contribution is -2.44. The normalized spacial score (nSPS) is 18.6. The highest BCUT2D eigenvalue weighted by Gasteiger charge is 2.44. The number of rotatable bonds is 3. The van der Waals surface area contributed by atoms with Crippen LogP contribution in [0.15, 0.2) is 48.8 Å². The van der Waals surface area contributed by atoms with Gasteiger partial charge in [0.1, 0.15) is 0 Å². The fourth-order valence-corrected chi connectivity index (χ4v) is 3.12. The number of hydrogen-bond donors (Lipinski definition) is 1.